The van der Waals surface area contributed by atoms with Crippen LogP contribution in [0.15, 0.2) is 59.4 Å². The van der Waals surface area contributed by atoms with Crippen molar-refractivity contribution in [2.24, 2.45) is 0 Å². The molecule has 23 heavy (non-hydrogen) atoms. The average molecular weight is 307 g/mol. The summed E-state index contributed by atoms with van der Waals surface area (Å²) in [5.74, 6) is 1.59. The Kier molecular flexibility index (Phi) is 3.98. The second-order valence-corrected chi connectivity index (χ2v) is 5.40. The van der Waals surface area contributed by atoms with Crippen molar-refractivity contribution in [2.75, 3.05) is 7.11 Å². The lowest BCUT2D eigenvalue weighted by Crippen LogP contribution is -2.42. The van der Waals surface area contributed by atoms with E-state index in [-0.39, 0.29) is 5.56 Å². The van der Waals surface area contributed by atoms with Crippen LogP contribution in [-0.4, -0.2) is 12.1 Å². The molecule has 3 rings (SSSR count). The van der Waals surface area contributed by atoms with Crippen molar-refractivity contribution in [1.29, 1.82) is 0 Å². The van der Waals surface area contributed by atoms with Gasteiger partial charge in [-0.15, -0.1) is 0 Å². The van der Waals surface area contributed by atoms with Crippen molar-refractivity contribution in [3.05, 3.63) is 76.5 Å². The summed E-state index contributed by atoms with van der Waals surface area (Å²) in [6.45, 7) is 3.86. The Hall–Kier alpha value is -2.88. The molecule has 1 N–H and O–H groups in total. The molecule has 0 bridgehead atoms. The van der Waals surface area contributed by atoms with Gasteiger partial charge in [0.25, 0.3) is 5.82 Å². The fourth-order valence-electron chi connectivity index (χ4n) is 2.87. The molecule has 0 aliphatic heterocycles. The molecular weight excluding hydrogens is 288 g/mol. The molecule has 2 aromatic carbocycles. The first kappa shape index (κ1) is 15.0. The number of hydrogen-bond donors (Lipinski definition) is 1. The molecule has 0 unspecified atom stereocenters. The van der Waals surface area contributed by atoms with E-state index in [4.69, 9.17) is 4.74 Å². The molecule has 3 aromatic rings. The Balaban J connectivity index is 2.23. The van der Waals surface area contributed by atoms with Gasteiger partial charge in [-0.05, 0) is 36.8 Å². The molecule has 0 saturated carbocycles. The number of H-pyrrole nitrogens is 1. The zero-order valence-corrected chi connectivity index (χ0v) is 13.5. The minimum absolute atomic E-state index is 0.0732. The Bertz CT molecular complexity index is 882. The standard InChI is InChI=1S/C19H18N2O2/c1-13-18(15-7-5-4-6-8-15)19(22)20-14(2)21(13)16-9-11-17(23-3)12-10-16/h4-12H,1-3H3/p+1. The number of aromatic amines is 1. The smallest absolute Gasteiger partial charge is 0.343 e. The fraction of sp³-hybridized carbons (Fsp3) is 0.158. The van der Waals surface area contributed by atoms with E-state index in [1.54, 1.807) is 7.11 Å². The summed E-state index contributed by atoms with van der Waals surface area (Å²) >= 11 is 0. The molecule has 4 heteroatoms. The molecule has 0 fully saturated rings. The second kappa shape index (κ2) is 6.08. The number of hydrogen-bond acceptors (Lipinski definition) is 2. The molecule has 0 amide bonds. The number of nitrogens with zero attached hydrogens (tertiary/aromatic N) is 1. The molecule has 0 saturated heterocycles. The predicted octanol–water partition coefficient (Wildman–Crippen LogP) is 2.94. The predicted molar refractivity (Wildman–Crippen MR) is 90.1 cm³/mol. The topological polar surface area (TPSA) is 46.0 Å². The molecule has 1 heterocycles. The summed E-state index contributed by atoms with van der Waals surface area (Å²) in [7, 11) is 1.64. The maximum absolute atomic E-state index is 12.5. The van der Waals surface area contributed by atoms with Gasteiger partial charge in [0, 0.05) is 6.92 Å². The minimum Gasteiger partial charge on any atom is -0.497 e. The lowest BCUT2D eigenvalue weighted by Gasteiger charge is -2.10. The summed E-state index contributed by atoms with van der Waals surface area (Å²) in [5, 5.41) is 0. The van der Waals surface area contributed by atoms with E-state index in [2.05, 4.69) is 4.98 Å². The molecule has 0 aliphatic carbocycles. The third-order valence-electron chi connectivity index (χ3n) is 3.95. The van der Waals surface area contributed by atoms with Crippen LogP contribution in [0.5, 0.6) is 5.75 Å². The number of methoxy groups -OCH3 is 1. The zero-order valence-electron chi connectivity index (χ0n) is 13.5. The summed E-state index contributed by atoms with van der Waals surface area (Å²) in [6, 6.07) is 17.5. The van der Waals surface area contributed by atoms with Crippen LogP contribution in [-0.2, 0) is 0 Å². The first-order valence-electron chi connectivity index (χ1n) is 7.47. The Morgan fingerprint density at radius 2 is 1.61 bits per heavy atom. The van der Waals surface area contributed by atoms with Gasteiger partial charge in [-0.1, -0.05) is 30.3 Å². The van der Waals surface area contributed by atoms with Gasteiger partial charge < -0.3 is 4.74 Å². The van der Waals surface area contributed by atoms with Crippen molar-refractivity contribution < 1.29 is 9.30 Å². The number of benzene rings is 2. The number of nitrogens with one attached hydrogen (secondary N) is 1. The molecule has 116 valence electrons. The first-order chi connectivity index (χ1) is 11.1. The lowest BCUT2D eigenvalue weighted by molar-refractivity contribution is -0.612. The van der Waals surface area contributed by atoms with Crippen LogP contribution in [0, 0.1) is 13.8 Å². The highest BCUT2D eigenvalue weighted by atomic mass is 16.5. The Morgan fingerprint density at radius 1 is 0.957 bits per heavy atom. The number of rotatable bonds is 3. The molecule has 1 aromatic heterocycles. The third kappa shape index (κ3) is 2.75. The lowest BCUT2D eigenvalue weighted by atomic mass is 10.1. The molecule has 4 nitrogen and oxygen atoms in total. The van der Waals surface area contributed by atoms with E-state index < -0.39 is 0 Å². The van der Waals surface area contributed by atoms with E-state index in [0.29, 0.717) is 5.56 Å². The molecule has 0 radical (unpaired) electrons. The molecule has 0 aliphatic rings. The normalized spacial score (nSPS) is 10.6. The van der Waals surface area contributed by atoms with E-state index >= 15 is 0 Å². The van der Waals surface area contributed by atoms with Gasteiger partial charge in [-0.25, -0.2) is 14.3 Å². The monoisotopic (exact) mass is 307 g/mol. The van der Waals surface area contributed by atoms with Crippen LogP contribution < -0.4 is 14.9 Å². The van der Waals surface area contributed by atoms with Crippen molar-refractivity contribution >= 4 is 0 Å². The summed E-state index contributed by atoms with van der Waals surface area (Å²) < 4.78 is 7.26. The molecular formula is C19H19N2O2+. The van der Waals surface area contributed by atoms with Crippen LogP contribution in [0.25, 0.3) is 16.8 Å². The van der Waals surface area contributed by atoms with Crippen molar-refractivity contribution in [3.8, 4) is 22.6 Å². The first-order valence-corrected chi connectivity index (χ1v) is 7.47. The van der Waals surface area contributed by atoms with Gasteiger partial charge in [0.2, 0.25) is 0 Å². The number of aryl methyl sites for hydroxylation is 1. The quantitative estimate of drug-likeness (QED) is 0.756. The van der Waals surface area contributed by atoms with Crippen LogP contribution in [0.3, 0.4) is 0 Å². The maximum atomic E-state index is 12.5. The van der Waals surface area contributed by atoms with Gasteiger partial charge in [0.15, 0.2) is 0 Å². The number of ether oxygens (including phenoxy) is 1. The van der Waals surface area contributed by atoms with Gasteiger partial charge >= 0.3 is 5.56 Å². The van der Waals surface area contributed by atoms with Crippen LogP contribution in [0.4, 0.5) is 0 Å². The van der Waals surface area contributed by atoms with E-state index in [0.717, 1.165) is 28.5 Å². The highest BCUT2D eigenvalue weighted by Crippen LogP contribution is 2.18. The van der Waals surface area contributed by atoms with E-state index in [1.165, 1.54) is 0 Å². The summed E-state index contributed by atoms with van der Waals surface area (Å²) in [5.41, 5.74) is 3.41. The van der Waals surface area contributed by atoms with Crippen LogP contribution >= 0.6 is 0 Å². The van der Waals surface area contributed by atoms with Crippen molar-refractivity contribution in [2.45, 2.75) is 13.8 Å². The minimum atomic E-state index is -0.0732. The van der Waals surface area contributed by atoms with Gasteiger partial charge in [-0.3, -0.25) is 0 Å². The van der Waals surface area contributed by atoms with Crippen LogP contribution in [0.1, 0.15) is 11.5 Å². The van der Waals surface area contributed by atoms with Crippen molar-refractivity contribution in [1.82, 2.24) is 4.98 Å². The zero-order chi connectivity index (χ0) is 16.4. The molecule has 0 spiro atoms. The summed E-state index contributed by atoms with van der Waals surface area (Å²) in [4.78, 5) is 15.4. The van der Waals surface area contributed by atoms with Gasteiger partial charge in [0.1, 0.15) is 22.7 Å². The van der Waals surface area contributed by atoms with Gasteiger partial charge in [0.05, 0.1) is 7.11 Å². The second-order valence-electron chi connectivity index (χ2n) is 5.40. The fourth-order valence-corrected chi connectivity index (χ4v) is 2.87. The van der Waals surface area contributed by atoms with Crippen LogP contribution in [0.2, 0.25) is 0 Å². The highest BCUT2D eigenvalue weighted by molar-refractivity contribution is 5.63. The highest BCUT2D eigenvalue weighted by Gasteiger charge is 2.20. The van der Waals surface area contributed by atoms with E-state index in [1.807, 2.05) is 73.0 Å². The largest absolute Gasteiger partial charge is 0.497 e. The van der Waals surface area contributed by atoms with E-state index in [9.17, 15) is 4.79 Å². The Labute approximate surface area is 135 Å². The average Bonchev–Trinajstić information content (AvgIpc) is 2.56. The molecule has 0 atom stereocenters. The van der Waals surface area contributed by atoms with Crippen molar-refractivity contribution in [3.63, 3.8) is 0 Å². The Morgan fingerprint density at radius 3 is 2.22 bits per heavy atom. The third-order valence-corrected chi connectivity index (χ3v) is 3.95. The number of aromatic nitrogens is 2. The summed E-state index contributed by atoms with van der Waals surface area (Å²) in [6.07, 6.45) is 0. The SMILES string of the molecule is COc1ccc(-[n+]2c(C)[nH]c(=O)c(-c3ccccc3)c2C)cc1. The van der Waals surface area contributed by atoms with Gasteiger partial charge in [-0.2, -0.15) is 0 Å². The maximum Gasteiger partial charge on any atom is 0.343 e.